The fourth-order valence-electron chi connectivity index (χ4n) is 1.34. The van der Waals surface area contributed by atoms with E-state index in [9.17, 15) is 8.42 Å². The summed E-state index contributed by atoms with van der Waals surface area (Å²) in [5.41, 5.74) is 0. The molecule has 0 aromatic carbocycles. The number of sulfone groups is 1. The van der Waals surface area contributed by atoms with E-state index >= 15 is 0 Å². The molecule has 1 aliphatic rings. The van der Waals surface area contributed by atoms with Gasteiger partial charge >= 0.3 is 0 Å². The molecule has 1 heterocycles. The summed E-state index contributed by atoms with van der Waals surface area (Å²) in [7, 11) is -3.16. The summed E-state index contributed by atoms with van der Waals surface area (Å²) >= 11 is 0. The van der Waals surface area contributed by atoms with Crippen LogP contribution < -0.4 is 0 Å². The van der Waals surface area contributed by atoms with E-state index in [4.69, 9.17) is 0 Å². The van der Waals surface area contributed by atoms with Gasteiger partial charge in [0, 0.05) is 25.2 Å². The van der Waals surface area contributed by atoms with Gasteiger partial charge in [0.25, 0.3) is 0 Å². The molecule has 13 heavy (non-hydrogen) atoms. The largest absolute Gasteiger partial charge is 0.322 e. The maximum absolute atomic E-state index is 11.2. The van der Waals surface area contributed by atoms with Crippen LogP contribution in [0.15, 0.2) is 17.6 Å². The minimum absolute atomic E-state index is 0.194. The van der Waals surface area contributed by atoms with Gasteiger partial charge in [-0.3, -0.25) is 0 Å². The Labute approximate surface area is 77.5 Å². The zero-order chi connectivity index (χ0) is 9.47. The lowest BCUT2D eigenvalue weighted by Gasteiger charge is -2.03. The van der Waals surface area contributed by atoms with E-state index in [2.05, 4.69) is 4.98 Å². The molecule has 1 aliphatic carbocycles. The molecule has 1 fully saturated rings. The zero-order valence-corrected chi connectivity index (χ0v) is 8.29. The Hall–Kier alpha value is -0.840. The lowest BCUT2D eigenvalue weighted by atomic mass is 10.4. The molecule has 0 aliphatic heterocycles. The van der Waals surface area contributed by atoms with Crippen molar-refractivity contribution in [3.8, 4) is 0 Å². The molecular formula is C8H12N2O2S. The van der Waals surface area contributed by atoms with E-state index < -0.39 is 9.84 Å². The first-order valence-corrected chi connectivity index (χ1v) is 6.18. The molecule has 0 unspecified atom stereocenters. The highest BCUT2D eigenvalue weighted by Crippen LogP contribution is 2.31. The number of hydrogen-bond acceptors (Lipinski definition) is 3. The van der Waals surface area contributed by atoms with Crippen molar-refractivity contribution >= 4 is 9.84 Å². The minimum atomic E-state index is -3.16. The lowest BCUT2D eigenvalue weighted by Crippen LogP contribution is -2.09. The van der Waals surface area contributed by atoms with Crippen molar-refractivity contribution in [1.82, 2.24) is 9.55 Å². The molecular weight excluding hydrogens is 188 g/mol. The van der Waals surface area contributed by atoms with Crippen LogP contribution in [0.4, 0.5) is 0 Å². The van der Waals surface area contributed by atoms with Crippen LogP contribution in [0, 0.1) is 5.92 Å². The predicted molar refractivity (Wildman–Crippen MR) is 48.1 cm³/mol. The number of aromatic nitrogens is 2. The molecule has 0 amide bonds. The standard InChI is InChI=1S/C8H12N2O2S/c1-13(11,12)8-9-4-5-10(8)6-7-2-3-7/h4-5,7H,2-3,6H2,1H3. The number of imidazole rings is 1. The fraction of sp³-hybridized carbons (Fsp3) is 0.625. The average Bonchev–Trinajstić information content (AvgIpc) is 2.63. The van der Waals surface area contributed by atoms with E-state index in [1.807, 2.05) is 0 Å². The van der Waals surface area contributed by atoms with Crippen molar-refractivity contribution in [2.75, 3.05) is 6.26 Å². The van der Waals surface area contributed by atoms with Crippen LogP contribution in [0.1, 0.15) is 12.8 Å². The Kier molecular flexibility index (Phi) is 1.91. The Morgan fingerprint density at radius 1 is 1.62 bits per heavy atom. The first-order chi connectivity index (χ1) is 6.07. The fourth-order valence-corrected chi connectivity index (χ4v) is 2.16. The van der Waals surface area contributed by atoms with E-state index in [0.717, 1.165) is 6.54 Å². The Morgan fingerprint density at radius 2 is 2.31 bits per heavy atom. The summed E-state index contributed by atoms with van der Waals surface area (Å²) < 4.78 is 24.2. The van der Waals surface area contributed by atoms with Crippen LogP contribution >= 0.6 is 0 Å². The maximum atomic E-state index is 11.2. The summed E-state index contributed by atoms with van der Waals surface area (Å²) in [6.45, 7) is 0.794. The molecule has 0 radical (unpaired) electrons. The van der Waals surface area contributed by atoms with Gasteiger partial charge in [0.2, 0.25) is 15.0 Å². The summed E-state index contributed by atoms with van der Waals surface area (Å²) in [5.74, 6) is 0.662. The van der Waals surface area contributed by atoms with Gasteiger partial charge in [0.05, 0.1) is 0 Å². The molecule has 4 nitrogen and oxygen atoms in total. The first-order valence-electron chi connectivity index (χ1n) is 4.28. The van der Waals surface area contributed by atoms with Crippen molar-refractivity contribution in [3.05, 3.63) is 12.4 Å². The topological polar surface area (TPSA) is 52.0 Å². The SMILES string of the molecule is CS(=O)(=O)c1nccn1CC1CC1. The monoisotopic (exact) mass is 200 g/mol. The van der Waals surface area contributed by atoms with E-state index in [1.165, 1.54) is 19.1 Å². The molecule has 5 heteroatoms. The highest BCUT2D eigenvalue weighted by atomic mass is 32.2. The molecule has 0 spiro atoms. The summed E-state index contributed by atoms with van der Waals surface area (Å²) in [6.07, 6.45) is 6.88. The smallest absolute Gasteiger partial charge is 0.227 e. The number of hydrogen-bond donors (Lipinski definition) is 0. The van der Waals surface area contributed by atoms with Crippen LogP contribution in [0.25, 0.3) is 0 Å². The van der Waals surface area contributed by atoms with Crippen molar-refractivity contribution in [2.45, 2.75) is 24.5 Å². The van der Waals surface area contributed by atoms with Gasteiger partial charge in [-0.2, -0.15) is 0 Å². The van der Waals surface area contributed by atoms with Crippen LogP contribution in [0.3, 0.4) is 0 Å². The molecule has 2 rings (SSSR count). The van der Waals surface area contributed by atoms with Crippen molar-refractivity contribution < 1.29 is 8.42 Å². The van der Waals surface area contributed by atoms with Crippen molar-refractivity contribution in [3.63, 3.8) is 0 Å². The Bertz CT molecular complexity index is 404. The van der Waals surface area contributed by atoms with Crippen LogP contribution in [-0.4, -0.2) is 24.2 Å². The summed E-state index contributed by atoms with van der Waals surface area (Å²) in [4.78, 5) is 3.84. The van der Waals surface area contributed by atoms with Gasteiger partial charge in [-0.25, -0.2) is 13.4 Å². The molecule has 1 aromatic rings. The van der Waals surface area contributed by atoms with E-state index in [1.54, 1.807) is 17.0 Å². The molecule has 0 N–H and O–H groups in total. The number of rotatable bonds is 3. The molecule has 72 valence electrons. The molecule has 1 saturated carbocycles. The first kappa shape index (κ1) is 8.74. The third-order valence-corrected chi connectivity index (χ3v) is 3.16. The summed E-state index contributed by atoms with van der Waals surface area (Å²) in [6, 6.07) is 0. The molecule has 0 saturated heterocycles. The second kappa shape index (κ2) is 2.83. The normalized spacial score (nSPS) is 17.6. The number of nitrogens with zero attached hydrogens (tertiary/aromatic N) is 2. The van der Waals surface area contributed by atoms with Crippen LogP contribution in [0.2, 0.25) is 0 Å². The predicted octanol–water partition coefficient (Wildman–Crippen LogP) is 0.697. The highest BCUT2D eigenvalue weighted by Gasteiger charge is 2.24. The zero-order valence-electron chi connectivity index (χ0n) is 7.47. The van der Waals surface area contributed by atoms with Gasteiger partial charge in [-0.15, -0.1) is 0 Å². The lowest BCUT2D eigenvalue weighted by molar-refractivity contribution is 0.544. The molecule has 1 aromatic heterocycles. The Balaban J connectivity index is 2.29. The maximum Gasteiger partial charge on any atom is 0.227 e. The van der Waals surface area contributed by atoms with E-state index in [-0.39, 0.29) is 5.16 Å². The average molecular weight is 200 g/mol. The Morgan fingerprint density at radius 3 is 2.85 bits per heavy atom. The van der Waals surface area contributed by atoms with Crippen molar-refractivity contribution in [1.29, 1.82) is 0 Å². The second-order valence-corrected chi connectivity index (χ2v) is 5.49. The summed E-state index contributed by atoms with van der Waals surface area (Å²) in [5, 5.41) is 0.194. The van der Waals surface area contributed by atoms with Crippen LogP contribution in [-0.2, 0) is 16.4 Å². The highest BCUT2D eigenvalue weighted by molar-refractivity contribution is 7.90. The molecule has 0 bridgehead atoms. The van der Waals surface area contributed by atoms with Gasteiger partial charge in [0.1, 0.15) is 0 Å². The third kappa shape index (κ3) is 1.91. The van der Waals surface area contributed by atoms with Gasteiger partial charge in [-0.1, -0.05) is 0 Å². The van der Waals surface area contributed by atoms with Gasteiger partial charge in [0.15, 0.2) is 0 Å². The third-order valence-electron chi connectivity index (χ3n) is 2.16. The van der Waals surface area contributed by atoms with Gasteiger partial charge < -0.3 is 4.57 Å². The van der Waals surface area contributed by atoms with Crippen LogP contribution in [0.5, 0.6) is 0 Å². The van der Waals surface area contributed by atoms with Gasteiger partial charge in [-0.05, 0) is 18.8 Å². The minimum Gasteiger partial charge on any atom is -0.322 e. The second-order valence-electron chi connectivity index (χ2n) is 3.58. The molecule has 0 atom stereocenters. The van der Waals surface area contributed by atoms with Crippen molar-refractivity contribution in [2.24, 2.45) is 5.92 Å². The van der Waals surface area contributed by atoms with E-state index in [0.29, 0.717) is 5.92 Å². The quantitative estimate of drug-likeness (QED) is 0.721.